The third-order valence-corrected chi connectivity index (χ3v) is 3.05. The summed E-state index contributed by atoms with van der Waals surface area (Å²) >= 11 is 0. The summed E-state index contributed by atoms with van der Waals surface area (Å²) in [4.78, 5) is 34.1. The zero-order chi connectivity index (χ0) is 18.4. The second-order valence-electron chi connectivity index (χ2n) is 5.27. The van der Waals surface area contributed by atoms with Gasteiger partial charge in [-0.25, -0.2) is 9.59 Å². The number of urea groups is 1. The summed E-state index contributed by atoms with van der Waals surface area (Å²) in [6.45, 7) is -1.38. The molecule has 0 aliphatic heterocycles. The second-order valence-corrected chi connectivity index (χ2v) is 5.27. The summed E-state index contributed by atoms with van der Waals surface area (Å²) in [5.74, 6) is -1.96. The first-order valence-electron chi connectivity index (χ1n) is 7.30. The fourth-order valence-electron chi connectivity index (χ4n) is 1.70. The first-order valence-corrected chi connectivity index (χ1v) is 7.30. The van der Waals surface area contributed by atoms with Crippen molar-refractivity contribution < 1.29 is 37.0 Å². The second kappa shape index (κ2) is 7.86. The molecule has 0 atom stereocenters. The summed E-state index contributed by atoms with van der Waals surface area (Å²) in [5.41, 5.74) is -0.917. The maximum Gasteiger partial charge on any atom is 0.416 e. The molecule has 0 radical (unpaired) electrons. The fraction of sp³-hybridized carbons (Fsp3) is 0.400. The summed E-state index contributed by atoms with van der Waals surface area (Å²) in [6.07, 6.45) is -2.83. The standard InChI is InChI=1S/C15H15F3N2O5/c16-15(17,18)9-2-1-3-11(6-9)24-8-13(22)25-7-12(21)20-14(23)19-10-4-5-10/h1-3,6,10H,4-5,7-8H2,(H2,19,20,21,23). The Morgan fingerprint density at radius 2 is 1.88 bits per heavy atom. The molecule has 0 heterocycles. The number of hydrogen-bond donors (Lipinski definition) is 2. The molecular formula is C15H15F3N2O5. The average Bonchev–Trinajstić information content (AvgIpc) is 3.34. The van der Waals surface area contributed by atoms with Gasteiger partial charge in [-0.15, -0.1) is 0 Å². The lowest BCUT2D eigenvalue weighted by Gasteiger charge is -2.10. The van der Waals surface area contributed by atoms with Gasteiger partial charge in [-0.2, -0.15) is 13.2 Å². The highest BCUT2D eigenvalue weighted by atomic mass is 19.4. The molecule has 10 heteroatoms. The average molecular weight is 360 g/mol. The molecule has 25 heavy (non-hydrogen) atoms. The van der Waals surface area contributed by atoms with Gasteiger partial charge in [-0.3, -0.25) is 10.1 Å². The number of hydrogen-bond acceptors (Lipinski definition) is 5. The van der Waals surface area contributed by atoms with E-state index in [0.29, 0.717) is 0 Å². The molecule has 1 saturated carbocycles. The van der Waals surface area contributed by atoms with Gasteiger partial charge in [0, 0.05) is 6.04 Å². The third kappa shape index (κ3) is 6.69. The molecule has 3 amide bonds. The number of amides is 3. The van der Waals surface area contributed by atoms with Crippen LogP contribution in [0.2, 0.25) is 0 Å². The predicted molar refractivity (Wildman–Crippen MR) is 77.6 cm³/mol. The van der Waals surface area contributed by atoms with Crippen LogP contribution < -0.4 is 15.4 Å². The molecule has 1 aliphatic rings. The van der Waals surface area contributed by atoms with Gasteiger partial charge in [0.05, 0.1) is 5.56 Å². The lowest BCUT2D eigenvalue weighted by Crippen LogP contribution is -2.42. The number of benzene rings is 1. The number of imide groups is 1. The minimum Gasteiger partial charge on any atom is -0.482 e. The predicted octanol–water partition coefficient (Wildman–Crippen LogP) is 1.62. The van der Waals surface area contributed by atoms with Crippen molar-refractivity contribution in [2.24, 2.45) is 0 Å². The highest BCUT2D eigenvalue weighted by Crippen LogP contribution is 2.31. The number of alkyl halides is 3. The van der Waals surface area contributed by atoms with Crippen molar-refractivity contribution in [2.75, 3.05) is 13.2 Å². The van der Waals surface area contributed by atoms with E-state index < -0.39 is 42.9 Å². The zero-order valence-electron chi connectivity index (χ0n) is 12.9. The van der Waals surface area contributed by atoms with E-state index in [1.807, 2.05) is 5.32 Å². The third-order valence-electron chi connectivity index (χ3n) is 3.05. The molecule has 0 bridgehead atoms. The van der Waals surface area contributed by atoms with E-state index in [9.17, 15) is 27.6 Å². The van der Waals surface area contributed by atoms with Crippen LogP contribution in [0.3, 0.4) is 0 Å². The van der Waals surface area contributed by atoms with Gasteiger partial charge in [0.2, 0.25) is 0 Å². The van der Waals surface area contributed by atoms with E-state index in [-0.39, 0.29) is 11.8 Å². The Kier molecular flexibility index (Phi) is 5.84. The maximum absolute atomic E-state index is 12.5. The minimum atomic E-state index is -4.53. The normalized spacial score (nSPS) is 13.7. The maximum atomic E-state index is 12.5. The Morgan fingerprint density at radius 1 is 1.16 bits per heavy atom. The summed E-state index contributed by atoms with van der Waals surface area (Å²) in [5, 5.41) is 4.48. The molecule has 7 nitrogen and oxygen atoms in total. The van der Waals surface area contributed by atoms with Gasteiger partial charge in [0.25, 0.3) is 5.91 Å². The number of ether oxygens (including phenoxy) is 2. The van der Waals surface area contributed by atoms with Crippen LogP contribution in [0.4, 0.5) is 18.0 Å². The van der Waals surface area contributed by atoms with Crippen LogP contribution in [0.1, 0.15) is 18.4 Å². The number of carbonyl (C=O) groups excluding carboxylic acids is 3. The lowest BCUT2D eigenvalue weighted by molar-refractivity contribution is -0.150. The van der Waals surface area contributed by atoms with Gasteiger partial charge in [0.1, 0.15) is 5.75 Å². The van der Waals surface area contributed by atoms with E-state index in [0.717, 1.165) is 31.0 Å². The van der Waals surface area contributed by atoms with E-state index in [1.54, 1.807) is 0 Å². The molecule has 2 N–H and O–H groups in total. The van der Waals surface area contributed by atoms with Crippen LogP contribution in [-0.4, -0.2) is 37.2 Å². The fourth-order valence-corrected chi connectivity index (χ4v) is 1.70. The molecule has 0 saturated heterocycles. The topological polar surface area (TPSA) is 93.7 Å². The van der Waals surface area contributed by atoms with Gasteiger partial charge < -0.3 is 14.8 Å². The van der Waals surface area contributed by atoms with Gasteiger partial charge in [-0.05, 0) is 31.0 Å². The first-order chi connectivity index (χ1) is 11.7. The number of esters is 1. The highest BCUT2D eigenvalue weighted by molar-refractivity contribution is 5.95. The molecule has 1 aromatic carbocycles. The number of nitrogens with one attached hydrogen (secondary N) is 2. The summed E-state index contributed by atoms with van der Waals surface area (Å²) in [7, 11) is 0. The van der Waals surface area contributed by atoms with Crippen molar-refractivity contribution in [2.45, 2.75) is 25.1 Å². The molecule has 0 aromatic heterocycles. The molecular weight excluding hydrogens is 345 g/mol. The van der Waals surface area contributed by atoms with Crippen molar-refractivity contribution >= 4 is 17.9 Å². The van der Waals surface area contributed by atoms with E-state index >= 15 is 0 Å². The van der Waals surface area contributed by atoms with Crippen LogP contribution in [0.5, 0.6) is 5.75 Å². The lowest BCUT2D eigenvalue weighted by atomic mass is 10.2. The van der Waals surface area contributed by atoms with E-state index in [2.05, 4.69) is 10.1 Å². The van der Waals surface area contributed by atoms with Crippen molar-refractivity contribution in [1.29, 1.82) is 0 Å². The van der Waals surface area contributed by atoms with Crippen LogP contribution in [0, 0.1) is 0 Å². The number of rotatable bonds is 6. The molecule has 1 fully saturated rings. The van der Waals surface area contributed by atoms with Gasteiger partial charge >= 0.3 is 18.2 Å². The van der Waals surface area contributed by atoms with E-state index in [1.165, 1.54) is 6.07 Å². The van der Waals surface area contributed by atoms with Crippen LogP contribution >= 0.6 is 0 Å². The van der Waals surface area contributed by atoms with Crippen molar-refractivity contribution in [3.05, 3.63) is 29.8 Å². The highest BCUT2D eigenvalue weighted by Gasteiger charge is 2.30. The molecule has 1 aliphatic carbocycles. The first kappa shape index (κ1) is 18.6. The molecule has 136 valence electrons. The molecule has 0 spiro atoms. The minimum absolute atomic E-state index is 0.0659. The quantitative estimate of drug-likeness (QED) is 0.752. The van der Waals surface area contributed by atoms with Crippen LogP contribution in [0.15, 0.2) is 24.3 Å². The largest absolute Gasteiger partial charge is 0.482 e. The Balaban J connectivity index is 1.69. The Morgan fingerprint density at radius 3 is 2.52 bits per heavy atom. The summed E-state index contributed by atoms with van der Waals surface area (Å²) < 4.78 is 47.1. The Hall–Kier alpha value is -2.78. The molecule has 2 rings (SSSR count). The Labute approximate surface area is 140 Å². The smallest absolute Gasteiger partial charge is 0.416 e. The van der Waals surface area contributed by atoms with Crippen LogP contribution in [-0.2, 0) is 20.5 Å². The van der Waals surface area contributed by atoms with Crippen molar-refractivity contribution in [1.82, 2.24) is 10.6 Å². The van der Waals surface area contributed by atoms with Gasteiger partial charge in [-0.1, -0.05) is 6.07 Å². The summed E-state index contributed by atoms with van der Waals surface area (Å²) in [6, 6.07) is 3.37. The monoisotopic (exact) mass is 360 g/mol. The Bertz CT molecular complexity index is 659. The SMILES string of the molecule is O=C(COC(=O)COc1cccc(C(F)(F)F)c1)NC(=O)NC1CC1. The molecule has 1 aromatic rings. The molecule has 0 unspecified atom stereocenters. The number of carbonyl (C=O) groups is 3. The zero-order valence-corrected chi connectivity index (χ0v) is 12.9. The van der Waals surface area contributed by atoms with Crippen LogP contribution in [0.25, 0.3) is 0 Å². The van der Waals surface area contributed by atoms with E-state index in [4.69, 9.17) is 4.74 Å². The van der Waals surface area contributed by atoms with Gasteiger partial charge in [0.15, 0.2) is 13.2 Å². The number of halogens is 3. The van der Waals surface area contributed by atoms with Crippen molar-refractivity contribution in [3.8, 4) is 5.75 Å². The van der Waals surface area contributed by atoms with Crippen molar-refractivity contribution in [3.63, 3.8) is 0 Å².